The lowest BCUT2D eigenvalue weighted by Gasteiger charge is -2.20. The SMILES string of the molecule is COc1c(CCN(C)C)cc(-c2nc(C=O)c(C)[nH]2)cc1-c1c(C)cccc1C. The summed E-state index contributed by atoms with van der Waals surface area (Å²) in [4.78, 5) is 21.2. The molecule has 0 saturated heterocycles. The van der Waals surface area contributed by atoms with Gasteiger partial charge in [-0.2, -0.15) is 0 Å². The van der Waals surface area contributed by atoms with Gasteiger partial charge in [0.2, 0.25) is 0 Å². The number of benzene rings is 2. The van der Waals surface area contributed by atoms with Crippen LogP contribution in [0.15, 0.2) is 30.3 Å². The summed E-state index contributed by atoms with van der Waals surface area (Å²) in [6, 6.07) is 10.5. The van der Waals surface area contributed by atoms with Crippen molar-refractivity contribution in [3.63, 3.8) is 0 Å². The first kappa shape index (κ1) is 20.8. The highest BCUT2D eigenvalue weighted by molar-refractivity contribution is 5.82. The molecule has 5 nitrogen and oxygen atoms in total. The Bertz CT molecular complexity index is 1010. The molecule has 0 radical (unpaired) electrons. The standard InChI is InChI=1S/C24H29N3O2/c1-15-8-7-9-16(2)22(15)20-13-19(24-25-17(3)21(14-28)26-24)12-18(23(20)29-6)10-11-27(4)5/h7-9,12-14H,10-11H2,1-6H3,(H,25,26). The van der Waals surface area contributed by atoms with Gasteiger partial charge >= 0.3 is 0 Å². The maximum absolute atomic E-state index is 11.3. The van der Waals surface area contributed by atoms with Crippen LogP contribution < -0.4 is 4.74 Å². The number of ether oxygens (including phenoxy) is 1. The predicted molar refractivity (Wildman–Crippen MR) is 118 cm³/mol. The van der Waals surface area contributed by atoms with Crippen molar-refractivity contribution in [2.45, 2.75) is 27.2 Å². The lowest BCUT2D eigenvalue weighted by molar-refractivity contribution is 0.111. The molecule has 1 N–H and O–H groups in total. The van der Waals surface area contributed by atoms with Crippen LogP contribution in [0, 0.1) is 20.8 Å². The van der Waals surface area contributed by atoms with Gasteiger partial charge in [-0.3, -0.25) is 4.79 Å². The summed E-state index contributed by atoms with van der Waals surface area (Å²) >= 11 is 0. The molecule has 1 aromatic heterocycles. The van der Waals surface area contributed by atoms with E-state index in [4.69, 9.17) is 4.74 Å². The van der Waals surface area contributed by atoms with E-state index in [9.17, 15) is 4.79 Å². The molecule has 0 atom stereocenters. The van der Waals surface area contributed by atoms with Gasteiger partial charge in [-0.25, -0.2) is 4.98 Å². The molecule has 0 aliphatic carbocycles. The predicted octanol–water partition coefficient (Wildman–Crippen LogP) is 4.59. The summed E-state index contributed by atoms with van der Waals surface area (Å²) in [5, 5.41) is 0. The van der Waals surface area contributed by atoms with E-state index in [-0.39, 0.29) is 0 Å². The number of hydrogen-bond donors (Lipinski definition) is 1. The number of aromatic nitrogens is 2. The smallest absolute Gasteiger partial charge is 0.170 e. The number of H-pyrrole nitrogens is 1. The first-order valence-electron chi connectivity index (χ1n) is 9.80. The van der Waals surface area contributed by atoms with Crippen molar-refractivity contribution in [2.24, 2.45) is 0 Å². The minimum Gasteiger partial charge on any atom is -0.496 e. The minimum atomic E-state index is 0.444. The van der Waals surface area contributed by atoms with Crippen LogP contribution in [0.1, 0.15) is 32.9 Å². The number of methoxy groups -OCH3 is 1. The molecule has 0 aliphatic heterocycles. The Balaban J connectivity index is 2.27. The molecule has 0 unspecified atom stereocenters. The van der Waals surface area contributed by atoms with Gasteiger partial charge in [0.15, 0.2) is 6.29 Å². The number of carbonyl (C=O) groups is 1. The molecule has 0 amide bonds. The summed E-state index contributed by atoms with van der Waals surface area (Å²) in [5.74, 6) is 1.60. The molecule has 0 spiro atoms. The molecule has 0 fully saturated rings. The average Bonchev–Trinajstić information content (AvgIpc) is 3.06. The van der Waals surface area contributed by atoms with E-state index in [0.717, 1.165) is 47.4 Å². The van der Waals surface area contributed by atoms with Gasteiger partial charge in [-0.1, -0.05) is 18.2 Å². The van der Waals surface area contributed by atoms with Crippen molar-refractivity contribution < 1.29 is 9.53 Å². The van der Waals surface area contributed by atoms with E-state index in [2.05, 4.69) is 73.1 Å². The van der Waals surface area contributed by atoms with Crippen LogP contribution in [0.25, 0.3) is 22.5 Å². The van der Waals surface area contributed by atoms with E-state index in [1.165, 1.54) is 16.7 Å². The third kappa shape index (κ3) is 4.25. The molecule has 0 bridgehead atoms. The molecule has 5 heteroatoms. The number of nitrogens with zero attached hydrogens (tertiary/aromatic N) is 2. The van der Waals surface area contributed by atoms with Crippen LogP contribution in [0.4, 0.5) is 0 Å². The van der Waals surface area contributed by atoms with Crippen LogP contribution in [0.2, 0.25) is 0 Å². The van der Waals surface area contributed by atoms with Crippen LogP contribution in [-0.4, -0.2) is 48.9 Å². The zero-order chi connectivity index (χ0) is 21.1. The quantitative estimate of drug-likeness (QED) is 0.598. The van der Waals surface area contributed by atoms with Crippen LogP contribution >= 0.6 is 0 Å². The van der Waals surface area contributed by atoms with Crippen LogP contribution in [0.5, 0.6) is 5.75 Å². The Hall–Kier alpha value is -2.92. The molecule has 29 heavy (non-hydrogen) atoms. The normalized spacial score (nSPS) is 11.1. The number of rotatable bonds is 7. The number of carbonyl (C=O) groups excluding carboxylic acids is 1. The first-order chi connectivity index (χ1) is 13.8. The number of aromatic amines is 1. The number of hydrogen-bond acceptors (Lipinski definition) is 4. The number of likely N-dealkylation sites (N-methyl/N-ethyl adjacent to an activating group) is 1. The summed E-state index contributed by atoms with van der Waals surface area (Å²) in [6.45, 7) is 7.01. The highest BCUT2D eigenvalue weighted by atomic mass is 16.5. The van der Waals surface area contributed by atoms with Gasteiger partial charge < -0.3 is 14.6 Å². The van der Waals surface area contributed by atoms with Crippen molar-refractivity contribution in [2.75, 3.05) is 27.7 Å². The van der Waals surface area contributed by atoms with E-state index in [0.29, 0.717) is 11.5 Å². The minimum absolute atomic E-state index is 0.444. The van der Waals surface area contributed by atoms with Gasteiger partial charge in [-0.15, -0.1) is 0 Å². The fourth-order valence-corrected chi connectivity index (χ4v) is 3.75. The van der Waals surface area contributed by atoms with Crippen molar-refractivity contribution in [1.29, 1.82) is 0 Å². The van der Waals surface area contributed by atoms with Gasteiger partial charge in [0, 0.05) is 23.4 Å². The summed E-state index contributed by atoms with van der Waals surface area (Å²) in [7, 11) is 5.86. The fraction of sp³-hybridized carbons (Fsp3) is 0.333. The topological polar surface area (TPSA) is 58.2 Å². The van der Waals surface area contributed by atoms with Gasteiger partial charge in [0.05, 0.1) is 7.11 Å². The maximum atomic E-state index is 11.3. The Morgan fingerprint density at radius 2 is 1.83 bits per heavy atom. The molecule has 1 heterocycles. The Kier molecular flexibility index (Phi) is 6.18. The Morgan fingerprint density at radius 1 is 1.14 bits per heavy atom. The average molecular weight is 392 g/mol. The second-order valence-corrected chi connectivity index (χ2v) is 7.75. The molecule has 0 saturated carbocycles. The zero-order valence-corrected chi connectivity index (χ0v) is 18.1. The van der Waals surface area contributed by atoms with Crippen molar-refractivity contribution in [1.82, 2.24) is 14.9 Å². The largest absolute Gasteiger partial charge is 0.496 e. The van der Waals surface area contributed by atoms with Crippen molar-refractivity contribution in [3.8, 4) is 28.3 Å². The molecule has 2 aromatic carbocycles. The number of imidazole rings is 1. The monoisotopic (exact) mass is 391 g/mol. The van der Waals surface area contributed by atoms with Crippen molar-refractivity contribution in [3.05, 3.63) is 58.4 Å². The van der Waals surface area contributed by atoms with E-state index < -0.39 is 0 Å². The molecule has 152 valence electrons. The second-order valence-electron chi connectivity index (χ2n) is 7.75. The molecular weight excluding hydrogens is 362 g/mol. The third-order valence-corrected chi connectivity index (χ3v) is 5.26. The second kappa shape index (κ2) is 8.62. The molecule has 3 aromatic rings. The van der Waals surface area contributed by atoms with Crippen molar-refractivity contribution >= 4 is 6.29 Å². The van der Waals surface area contributed by atoms with Crippen LogP contribution in [0.3, 0.4) is 0 Å². The van der Waals surface area contributed by atoms with Gasteiger partial charge in [0.1, 0.15) is 17.3 Å². The number of aldehydes is 1. The van der Waals surface area contributed by atoms with E-state index >= 15 is 0 Å². The van der Waals surface area contributed by atoms with E-state index in [1.54, 1.807) is 7.11 Å². The Labute approximate surface area is 172 Å². The van der Waals surface area contributed by atoms with Gasteiger partial charge in [0.25, 0.3) is 0 Å². The lowest BCUT2D eigenvalue weighted by Crippen LogP contribution is -2.15. The zero-order valence-electron chi connectivity index (χ0n) is 18.1. The van der Waals surface area contributed by atoms with Gasteiger partial charge in [-0.05, 0) is 75.7 Å². The first-order valence-corrected chi connectivity index (χ1v) is 9.80. The third-order valence-electron chi connectivity index (χ3n) is 5.26. The summed E-state index contributed by atoms with van der Waals surface area (Å²) in [5.41, 5.74) is 7.92. The Morgan fingerprint density at radius 3 is 2.38 bits per heavy atom. The highest BCUT2D eigenvalue weighted by Crippen LogP contribution is 2.40. The summed E-state index contributed by atoms with van der Waals surface area (Å²) in [6.07, 6.45) is 1.64. The fourth-order valence-electron chi connectivity index (χ4n) is 3.75. The number of nitrogens with one attached hydrogen (secondary N) is 1. The molecule has 3 rings (SSSR count). The highest BCUT2D eigenvalue weighted by Gasteiger charge is 2.19. The number of aryl methyl sites for hydroxylation is 3. The lowest BCUT2D eigenvalue weighted by atomic mass is 9.91. The maximum Gasteiger partial charge on any atom is 0.170 e. The molecule has 0 aliphatic rings. The summed E-state index contributed by atoms with van der Waals surface area (Å²) < 4.78 is 5.91. The van der Waals surface area contributed by atoms with Crippen LogP contribution in [-0.2, 0) is 6.42 Å². The van der Waals surface area contributed by atoms with E-state index in [1.807, 2.05) is 6.92 Å². The molecular formula is C24H29N3O2.